The molecule has 0 atom stereocenters. The number of hydrogen-bond acceptors (Lipinski definition) is 6. The molecule has 0 aromatic heterocycles. The highest BCUT2D eigenvalue weighted by Gasteiger charge is 2.29. The van der Waals surface area contributed by atoms with E-state index in [9.17, 15) is 23.1 Å². The number of anilines is 1. The number of carboxylic acid groups (broad SMARTS) is 1. The molecular weight excluding hydrogens is 460 g/mol. The lowest BCUT2D eigenvalue weighted by Gasteiger charge is -2.28. The van der Waals surface area contributed by atoms with E-state index in [1.807, 2.05) is 13.8 Å². The number of methoxy groups -OCH3 is 1. The number of amides is 1. The molecule has 0 bridgehead atoms. The minimum atomic E-state index is -4.12. The van der Waals surface area contributed by atoms with E-state index in [-0.39, 0.29) is 47.8 Å². The van der Waals surface area contributed by atoms with Gasteiger partial charge in [-0.25, -0.2) is 13.2 Å². The van der Waals surface area contributed by atoms with Crippen LogP contribution in [0.5, 0.6) is 5.75 Å². The molecular formula is C24H32N2O7S. The van der Waals surface area contributed by atoms with Gasteiger partial charge in [-0.3, -0.25) is 9.10 Å². The molecule has 0 unspecified atom stereocenters. The van der Waals surface area contributed by atoms with Gasteiger partial charge in [0, 0.05) is 33.3 Å². The van der Waals surface area contributed by atoms with Gasteiger partial charge in [-0.1, -0.05) is 13.8 Å². The van der Waals surface area contributed by atoms with E-state index in [4.69, 9.17) is 9.47 Å². The van der Waals surface area contributed by atoms with E-state index in [1.54, 1.807) is 39.2 Å². The molecule has 0 saturated heterocycles. The second-order valence-electron chi connectivity index (χ2n) is 8.44. The number of aromatic carboxylic acids is 1. The fraction of sp³-hybridized carbons (Fsp3) is 0.417. The summed E-state index contributed by atoms with van der Waals surface area (Å²) in [7, 11) is 0.652. The Bertz CT molecular complexity index is 1140. The first-order valence-corrected chi connectivity index (χ1v) is 12.2. The summed E-state index contributed by atoms with van der Waals surface area (Å²) >= 11 is 0. The maximum atomic E-state index is 13.7. The van der Waals surface area contributed by atoms with Crippen LogP contribution in [0.25, 0.3) is 0 Å². The molecule has 34 heavy (non-hydrogen) atoms. The number of hydrogen-bond donors (Lipinski definition) is 1. The molecule has 2 aromatic carbocycles. The highest BCUT2D eigenvalue weighted by Crippen LogP contribution is 2.31. The van der Waals surface area contributed by atoms with Crippen molar-refractivity contribution in [3.63, 3.8) is 0 Å². The van der Waals surface area contributed by atoms with Crippen LogP contribution in [0.2, 0.25) is 0 Å². The van der Waals surface area contributed by atoms with Crippen LogP contribution in [0.1, 0.15) is 40.1 Å². The maximum Gasteiger partial charge on any atom is 0.339 e. The Hall–Kier alpha value is -3.11. The highest BCUT2D eigenvalue weighted by atomic mass is 32.2. The van der Waals surface area contributed by atoms with E-state index in [1.165, 1.54) is 28.4 Å². The smallest absolute Gasteiger partial charge is 0.339 e. The Balaban J connectivity index is 2.56. The van der Waals surface area contributed by atoms with Crippen LogP contribution in [0.3, 0.4) is 0 Å². The topological polar surface area (TPSA) is 113 Å². The molecule has 2 rings (SSSR count). The third-order valence-corrected chi connectivity index (χ3v) is 6.74. The van der Waals surface area contributed by atoms with Gasteiger partial charge >= 0.3 is 5.97 Å². The average Bonchev–Trinajstić information content (AvgIpc) is 2.77. The van der Waals surface area contributed by atoms with Crippen LogP contribution < -0.4 is 9.04 Å². The minimum Gasteiger partial charge on any atom is -0.490 e. The van der Waals surface area contributed by atoms with E-state index in [0.29, 0.717) is 16.8 Å². The van der Waals surface area contributed by atoms with Crippen molar-refractivity contribution in [3.05, 3.63) is 53.1 Å². The Morgan fingerprint density at radius 3 is 2.26 bits per heavy atom. The lowest BCUT2D eigenvalue weighted by Crippen LogP contribution is -2.35. The molecule has 0 aliphatic carbocycles. The monoisotopic (exact) mass is 492 g/mol. The number of carboxylic acids is 1. The quantitative estimate of drug-likeness (QED) is 0.479. The number of carbonyl (C=O) groups is 2. The predicted molar refractivity (Wildman–Crippen MR) is 129 cm³/mol. The van der Waals surface area contributed by atoms with Crippen LogP contribution in [-0.4, -0.2) is 71.3 Å². The van der Waals surface area contributed by atoms with Gasteiger partial charge in [-0.2, -0.15) is 0 Å². The first-order chi connectivity index (χ1) is 15.9. The van der Waals surface area contributed by atoms with Gasteiger partial charge in [0.15, 0.2) is 0 Å². The van der Waals surface area contributed by atoms with Crippen molar-refractivity contribution in [3.8, 4) is 5.75 Å². The molecule has 1 amide bonds. The van der Waals surface area contributed by atoms with Crippen LogP contribution >= 0.6 is 0 Å². The molecule has 0 fully saturated rings. The van der Waals surface area contributed by atoms with Crippen molar-refractivity contribution in [1.82, 2.24) is 4.90 Å². The molecule has 0 heterocycles. The number of rotatable bonds is 11. The standard InChI is InChI=1S/C24H32N2O7S/c1-16(2)15-26(21-9-7-18(13-17(21)3)23(27)25(4)5)34(30,31)19-8-10-22(33-12-11-32-6)20(14-19)24(28)29/h7-10,13-14,16H,11-12,15H2,1-6H3,(H,28,29). The largest absolute Gasteiger partial charge is 0.490 e. The molecule has 10 heteroatoms. The van der Waals surface area contributed by atoms with E-state index in [0.717, 1.165) is 6.07 Å². The number of ether oxygens (including phenoxy) is 2. The lowest BCUT2D eigenvalue weighted by molar-refractivity contribution is 0.0688. The van der Waals surface area contributed by atoms with Crippen molar-refractivity contribution in [2.45, 2.75) is 25.7 Å². The third kappa shape index (κ3) is 6.27. The molecule has 2 aromatic rings. The van der Waals surface area contributed by atoms with Crippen LogP contribution in [0, 0.1) is 12.8 Å². The summed E-state index contributed by atoms with van der Waals surface area (Å²) in [4.78, 5) is 25.4. The van der Waals surface area contributed by atoms with Crippen molar-refractivity contribution in [2.24, 2.45) is 5.92 Å². The van der Waals surface area contributed by atoms with E-state index in [2.05, 4.69) is 0 Å². The third-order valence-electron chi connectivity index (χ3n) is 4.96. The summed E-state index contributed by atoms with van der Waals surface area (Å²) in [5, 5.41) is 9.63. The first-order valence-electron chi connectivity index (χ1n) is 10.7. The maximum absolute atomic E-state index is 13.7. The predicted octanol–water partition coefficient (Wildman–Crippen LogP) is 3.27. The summed E-state index contributed by atoms with van der Waals surface area (Å²) < 4.78 is 39.0. The number of carbonyl (C=O) groups excluding carboxylic acids is 1. The summed E-state index contributed by atoms with van der Waals surface area (Å²) in [6.45, 7) is 6.06. The normalized spacial score (nSPS) is 11.4. The molecule has 0 radical (unpaired) electrons. The Morgan fingerprint density at radius 2 is 1.74 bits per heavy atom. The van der Waals surface area contributed by atoms with Gasteiger partial charge in [-0.15, -0.1) is 0 Å². The first kappa shape index (κ1) is 27.1. The molecule has 9 nitrogen and oxygen atoms in total. The molecule has 0 aliphatic rings. The van der Waals surface area contributed by atoms with Crippen molar-refractivity contribution < 1.29 is 32.6 Å². The SMILES string of the molecule is COCCOc1ccc(S(=O)(=O)N(CC(C)C)c2ccc(C(=O)N(C)C)cc2C)cc1C(=O)O. The van der Waals surface area contributed by atoms with Crippen molar-refractivity contribution in [2.75, 3.05) is 45.3 Å². The van der Waals surface area contributed by atoms with E-state index >= 15 is 0 Å². The number of benzene rings is 2. The van der Waals surface area contributed by atoms with Gasteiger partial charge in [0.05, 0.1) is 17.2 Å². The Kier molecular flexibility index (Phi) is 9.06. The van der Waals surface area contributed by atoms with Crippen LogP contribution in [-0.2, 0) is 14.8 Å². The second kappa shape index (κ2) is 11.3. The second-order valence-corrected chi connectivity index (χ2v) is 10.3. The van der Waals surface area contributed by atoms with Gasteiger partial charge in [-0.05, 0) is 54.8 Å². The van der Waals surface area contributed by atoms with Gasteiger partial charge in [0.25, 0.3) is 15.9 Å². The van der Waals surface area contributed by atoms with Gasteiger partial charge < -0.3 is 19.5 Å². The van der Waals surface area contributed by atoms with E-state index < -0.39 is 16.0 Å². The summed E-state index contributed by atoms with van der Waals surface area (Å²) in [5.74, 6) is -1.46. The molecule has 1 N–H and O–H groups in total. The summed E-state index contributed by atoms with van der Waals surface area (Å²) in [6, 6.07) is 8.61. The number of aryl methyl sites for hydroxylation is 1. The lowest BCUT2D eigenvalue weighted by atomic mass is 10.1. The fourth-order valence-electron chi connectivity index (χ4n) is 3.31. The van der Waals surface area contributed by atoms with Gasteiger partial charge in [0.1, 0.15) is 17.9 Å². The highest BCUT2D eigenvalue weighted by molar-refractivity contribution is 7.92. The number of sulfonamides is 1. The molecule has 0 saturated carbocycles. The zero-order valence-corrected chi connectivity index (χ0v) is 21.2. The van der Waals surface area contributed by atoms with Crippen LogP contribution in [0.4, 0.5) is 5.69 Å². The molecule has 186 valence electrons. The molecule has 0 spiro atoms. The van der Waals surface area contributed by atoms with Crippen LogP contribution in [0.15, 0.2) is 41.3 Å². The fourth-order valence-corrected chi connectivity index (χ4v) is 5.03. The van der Waals surface area contributed by atoms with Crippen molar-refractivity contribution in [1.29, 1.82) is 0 Å². The van der Waals surface area contributed by atoms with Gasteiger partial charge in [0.2, 0.25) is 0 Å². The molecule has 0 aliphatic heterocycles. The zero-order chi connectivity index (χ0) is 25.6. The minimum absolute atomic E-state index is 0.0205. The summed E-state index contributed by atoms with van der Waals surface area (Å²) in [6.07, 6.45) is 0. The Labute approximate surface area is 200 Å². The number of nitrogens with zero attached hydrogens (tertiary/aromatic N) is 2. The van der Waals surface area contributed by atoms with Crippen molar-refractivity contribution >= 4 is 27.6 Å². The zero-order valence-electron chi connectivity index (χ0n) is 20.4. The average molecular weight is 493 g/mol. The summed E-state index contributed by atoms with van der Waals surface area (Å²) in [5.41, 5.74) is 1.21. The Morgan fingerprint density at radius 1 is 1.06 bits per heavy atom.